The predicted molar refractivity (Wildman–Crippen MR) is 87.6 cm³/mol. The lowest BCUT2D eigenvalue weighted by molar-refractivity contribution is -0.134. The monoisotopic (exact) mass is 345 g/mol. The number of amides is 4. The molecule has 3 N–H and O–H groups in total. The third kappa shape index (κ3) is 4.72. The van der Waals surface area contributed by atoms with Gasteiger partial charge in [-0.15, -0.1) is 0 Å². The third-order valence-corrected chi connectivity index (χ3v) is 3.79. The van der Waals surface area contributed by atoms with Crippen molar-refractivity contribution in [1.29, 1.82) is 0 Å². The zero-order valence-electron chi connectivity index (χ0n) is 14.0. The Morgan fingerprint density at radius 3 is 2.48 bits per heavy atom. The van der Waals surface area contributed by atoms with E-state index in [0.717, 1.165) is 0 Å². The molecule has 1 heterocycles. The molecule has 8 heteroatoms. The standard InChI is InChI=1S/C17H19N3O5/c1-9(21)13-7-11(8-18-10(2)22)3-4-12(13)16(24)19-14-5-6-15(23)20-17(14)25/h3-4,7,14H,5-6,8H2,1-2H3,(H,18,22)(H,19,24)(H,20,23,25). The van der Waals surface area contributed by atoms with Crippen molar-refractivity contribution < 1.29 is 24.0 Å². The predicted octanol–water partition coefficient (Wildman–Crippen LogP) is 0.0603. The summed E-state index contributed by atoms with van der Waals surface area (Å²) in [5.41, 5.74) is 1.02. The molecule has 0 bridgehead atoms. The summed E-state index contributed by atoms with van der Waals surface area (Å²) in [6.07, 6.45) is 0.359. The van der Waals surface area contributed by atoms with Crippen LogP contribution in [0.15, 0.2) is 18.2 Å². The largest absolute Gasteiger partial charge is 0.352 e. The van der Waals surface area contributed by atoms with Gasteiger partial charge < -0.3 is 10.6 Å². The molecule has 0 spiro atoms. The summed E-state index contributed by atoms with van der Waals surface area (Å²) in [6.45, 7) is 2.96. The lowest BCUT2D eigenvalue weighted by Crippen LogP contribution is -2.52. The summed E-state index contributed by atoms with van der Waals surface area (Å²) in [5, 5.41) is 7.32. The molecule has 4 amide bonds. The summed E-state index contributed by atoms with van der Waals surface area (Å²) in [4.78, 5) is 58.2. The minimum absolute atomic E-state index is 0.142. The van der Waals surface area contributed by atoms with Crippen LogP contribution in [0.5, 0.6) is 0 Å². The molecular formula is C17H19N3O5. The first-order valence-corrected chi connectivity index (χ1v) is 7.80. The first-order chi connectivity index (χ1) is 11.8. The van der Waals surface area contributed by atoms with Crippen molar-refractivity contribution >= 4 is 29.4 Å². The van der Waals surface area contributed by atoms with Crippen molar-refractivity contribution in [1.82, 2.24) is 16.0 Å². The quantitative estimate of drug-likeness (QED) is 0.515. The average Bonchev–Trinajstić information content (AvgIpc) is 2.55. The Bertz CT molecular complexity index is 757. The molecule has 1 aliphatic rings. The number of carbonyl (C=O) groups excluding carboxylic acids is 5. The van der Waals surface area contributed by atoms with Crippen LogP contribution in [-0.4, -0.2) is 35.5 Å². The van der Waals surface area contributed by atoms with Crippen molar-refractivity contribution in [3.05, 3.63) is 34.9 Å². The second-order valence-electron chi connectivity index (χ2n) is 5.82. The number of Topliss-reactive ketones (excluding diaryl/α,β-unsaturated/α-hetero) is 1. The fourth-order valence-electron chi connectivity index (χ4n) is 2.48. The van der Waals surface area contributed by atoms with Gasteiger partial charge in [-0.3, -0.25) is 29.3 Å². The van der Waals surface area contributed by atoms with Crippen LogP contribution in [0.25, 0.3) is 0 Å². The minimum Gasteiger partial charge on any atom is -0.352 e. The highest BCUT2D eigenvalue weighted by molar-refractivity contribution is 6.09. The number of hydrogen-bond donors (Lipinski definition) is 3. The number of rotatable bonds is 5. The number of carbonyl (C=O) groups is 5. The zero-order valence-corrected chi connectivity index (χ0v) is 14.0. The first-order valence-electron chi connectivity index (χ1n) is 7.80. The number of hydrogen-bond acceptors (Lipinski definition) is 5. The van der Waals surface area contributed by atoms with E-state index in [4.69, 9.17) is 0 Å². The van der Waals surface area contributed by atoms with Crippen LogP contribution >= 0.6 is 0 Å². The molecule has 8 nitrogen and oxygen atoms in total. The van der Waals surface area contributed by atoms with Crippen molar-refractivity contribution in [3.8, 4) is 0 Å². The number of piperidine rings is 1. The molecule has 0 saturated carbocycles. The van der Waals surface area contributed by atoms with E-state index in [-0.39, 0.29) is 48.1 Å². The van der Waals surface area contributed by atoms with E-state index in [9.17, 15) is 24.0 Å². The van der Waals surface area contributed by atoms with Gasteiger partial charge in [-0.05, 0) is 31.0 Å². The van der Waals surface area contributed by atoms with Crippen molar-refractivity contribution in [2.24, 2.45) is 0 Å². The maximum atomic E-state index is 12.4. The van der Waals surface area contributed by atoms with E-state index in [0.29, 0.717) is 5.56 Å². The van der Waals surface area contributed by atoms with Crippen LogP contribution in [0.3, 0.4) is 0 Å². The molecule has 0 radical (unpaired) electrons. The molecule has 1 unspecified atom stereocenters. The Kier molecular flexibility index (Phi) is 5.63. The summed E-state index contributed by atoms with van der Waals surface area (Å²) >= 11 is 0. The highest BCUT2D eigenvalue weighted by atomic mass is 16.2. The van der Waals surface area contributed by atoms with Crippen LogP contribution in [0.1, 0.15) is 53.0 Å². The fourth-order valence-corrected chi connectivity index (χ4v) is 2.48. The van der Waals surface area contributed by atoms with E-state index in [1.54, 1.807) is 6.07 Å². The van der Waals surface area contributed by atoms with Gasteiger partial charge in [-0.1, -0.05) is 6.07 Å². The third-order valence-electron chi connectivity index (χ3n) is 3.79. The van der Waals surface area contributed by atoms with Gasteiger partial charge in [0.1, 0.15) is 6.04 Å². The molecule has 1 aromatic carbocycles. The molecule has 0 aliphatic carbocycles. The SMILES string of the molecule is CC(=O)NCc1ccc(C(=O)NC2CCC(=O)NC2=O)c(C(C)=O)c1. The summed E-state index contributed by atoms with van der Waals surface area (Å²) in [7, 11) is 0. The lowest BCUT2D eigenvalue weighted by atomic mass is 9.99. The van der Waals surface area contributed by atoms with E-state index >= 15 is 0 Å². The van der Waals surface area contributed by atoms with E-state index in [2.05, 4.69) is 16.0 Å². The Balaban J connectivity index is 2.17. The summed E-state index contributed by atoms with van der Waals surface area (Å²) < 4.78 is 0. The van der Waals surface area contributed by atoms with Crippen molar-refractivity contribution in [3.63, 3.8) is 0 Å². The molecule has 1 aliphatic heterocycles. The van der Waals surface area contributed by atoms with Crippen molar-refractivity contribution in [2.75, 3.05) is 0 Å². The highest BCUT2D eigenvalue weighted by Crippen LogP contribution is 2.15. The molecule has 1 atom stereocenters. The van der Waals surface area contributed by atoms with E-state index in [1.807, 2.05) is 0 Å². The molecule has 1 fully saturated rings. The fraction of sp³-hybridized carbons (Fsp3) is 0.353. The van der Waals surface area contributed by atoms with Gasteiger partial charge in [-0.2, -0.15) is 0 Å². The topological polar surface area (TPSA) is 121 Å². The van der Waals surface area contributed by atoms with Gasteiger partial charge >= 0.3 is 0 Å². The van der Waals surface area contributed by atoms with Crippen LogP contribution in [0.2, 0.25) is 0 Å². The lowest BCUT2D eigenvalue weighted by Gasteiger charge is -2.22. The average molecular weight is 345 g/mol. The Hall–Kier alpha value is -3.03. The Morgan fingerprint density at radius 2 is 1.88 bits per heavy atom. The maximum Gasteiger partial charge on any atom is 0.252 e. The second kappa shape index (κ2) is 7.69. The van der Waals surface area contributed by atoms with Crippen LogP contribution in [-0.2, 0) is 20.9 Å². The zero-order chi connectivity index (χ0) is 18.6. The molecule has 1 aromatic rings. The van der Waals surface area contributed by atoms with Crippen LogP contribution < -0.4 is 16.0 Å². The molecule has 2 rings (SSSR count). The van der Waals surface area contributed by atoms with E-state index in [1.165, 1.54) is 26.0 Å². The highest BCUT2D eigenvalue weighted by Gasteiger charge is 2.29. The van der Waals surface area contributed by atoms with Crippen molar-refractivity contribution in [2.45, 2.75) is 39.3 Å². The van der Waals surface area contributed by atoms with Crippen LogP contribution in [0.4, 0.5) is 0 Å². The van der Waals surface area contributed by atoms with E-state index < -0.39 is 17.9 Å². The molecule has 25 heavy (non-hydrogen) atoms. The Labute approximate surface area is 144 Å². The second-order valence-corrected chi connectivity index (χ2v) is 5.82. The number of imide groups is 1. The summed E-state index contributed by atoms with van der Waals surface area (Å²) in [6, 6.07) is 3.83. The summed E-state index contributed by atoms with van der Waals surface area (Å²) in [5.74, 6) is -2.01. The van der Waals surface area contributed by atoms with Crippen LogP contribution in [0, 0.1) is 0 Å². The van der Waals surface area contributed by atoms with Gasteiger partial charge in [0.15, 0.2) is 5.78 Å². The van der Waals surface area contributed by atoms with Gasteiger partial charge in [0.2, 0.25) is 17.7 Å². The number of ketones is 1. The number of benzene rings is 1. The Morgan fingerprint density at radius 1 is 1.16 bits per heavy atom. The number of nitrogens with one attached hydrogen (secondary N) is 3. The first kappa shape index (κ1) is 18.3. The molecule has 1 saturated heterocycles. The van der Waals surface area contributed by atoms with Gasteiger partial charge in [-0.25, -0.2) is 0 Å². The normalized spacial score (nSPS) is 16.8. The molecule has 132 valence electrons. The van der Waals surface area contributed by atoms with Gasteiger partial charge in [0, 0.05) is 25.5 Å². The van der Waals surface area contributed by atoms with Gasteiger partial charge in [0.25, 0.3) is 5.91 Å². The molecule has 0 aromatic heterocycles. The smallest absolute Gasteiger partial charge is 0.252 e. The minimum atomic E-state index is -0.816. The molecular weight excluding hydrogens is 326 g/mol. The van der Waals surface area contributed by atoms with Gasteiger partial charge in [0.05, 0.1) is 5.56 Å². The maximum absolute atomic E-state index is 12.4.